The number of nitrogens with zero attached hydrogens (tertiary/aromatic N) is 4. The molecule has 2 aliphatic rings. The van der Waals surface area contributed by atoms with E-state index in [9.17, 15) is 49.5 Å². The molecule has 0 spiro atoms. The Morgan fingerprint density at radius 1 is 0.926 bits per heavy atom. The Morgan fingerprint density at radius 3 is 2.20 bits per heavy atom. The van der Waals surface area contributed by atoms with Gasteiger partial charge in [-0.25, -0.2) is 9.78 Å². The van der Waals surface area contributed by atoms with Gasteiger partial charge in [-0.3, -0.25) is 24.0 Å². The molecule has 21 heteroatoms. The van der Waals surface area contributed by atoms with E-state index >= 15 is 4.79 Å². The molecule has 2 aromatic carbocycles. The number of aliphatic hydroxyl groups is 4. The molecule has 2 saturated heterocycles. The normalized spacial score (nSPS) is 22.5. The summed E-state index contributed by atoms with van der Waals surface area (Å²) in [6.07, 6.45) is -5.65. The maximum atomic E-state index is 15.0. The SMILES string of the molecule is CC[C@H](C)[C@@H]([C@@H](CC(=O)N1CCC[C@H]1[C@H](CO)[C@@H](C)C(=O)C[C@@H](Cc1ccccc1)c1nccs1)OC)N(C)C(=O)[C@@H](CC(=O)[C@H](C(C)C)[N+](C)(C)Cc1ccc(O[C@@H]2O[C@H](C(=O)O)[C@@H](O)[C@H](O)[C@H]2O)c(NC(=O)CCN)c1)C(C)C. The Labute approximate surface area is 481 Å². The third-order valence-electron chi connectivity index (χ3n) is 16.7. The molecule has 0 bridgehead atoms. The number of hydrogen-bond donors (Lipinski definition) is 7. The summed E-state index contributed by atoms with van der Waals surface area (Å²) < 4.78 is 17.5. The van der Waals surface area contributed by atoms with Gasteiger partial charge in [0.15, 0.2) is 17.9 Å². The molecule has 2 fully saturated rings. The molecular formula is C60H91N6O14S+. The quantitative estimate of drug-likeness (QED) is 0.0416. The lowest BCUT2D eigenvalue weighted by Crippen LogP contribution is -2.61. The molecule has 14 atom stereocenters. The van der Waals surface area contributed by atoms with Crippen LogP contribution in [0.2, 0.25) is 0 Å². The lowest BCUT2D eigenvalue weighted by atomic mass is 9.80. The zero-order chi connectivity index (χ0) is 60.0. The molecule has 1 aromatic heterocycles. The number of benzene rings is 2. The largest absolute Gasteiger partial charge is 0.479 e. The second kappa shape index (κ2) is 30.4. The van der Waals surface area contributed by atoms with Crippen LogP contribution in [0.15, 0.2) is 60.1 Å². The topological polar surface area (TPSA) is 289 Å². The van der Waals surface area contributed by atoms with E-state index in [0.29, 0.717) is 37.8 Å². The molecule has 2 aliphatic heterocycles. The van der Waals surface area contributed by atoms with Gasteiger partial charge < -0.3 is 65.1 Å². The average Bonchev–Trinajstić information content (AvgIpc) is 4.15. The van der Waals surface area contributed by atoms with Gasteiger partial charge in [-0.15, -0.1) is 11.3 Å². The number of methoxy groups -OCH3 is 1. The van der Waals surface area contributed by atoms with E-state index < -0.39 is 78.5 Å². The Morgan fingerprint density at radius 2 is 1.62 bits per heavy atom. The summed E-state index contributed by atoms with van der Waals surface area (Å²) in [7, 11) is 7.06. The van der Waals surface area contributed by atoms with E-state index in [1.165, 1.54) is 24.5 Å². The molecule has 3 amide bonds. The zero-order valence-corrected chi connectivity index (χ0v) is 50.0. The molecule has 0 radical (unpaired) electrons. The first-order chi connectivity index (χ1) is 38.3. The van der Waals surface area contributed by atoms with Crippen LogP contribution in [-0.4, -0.2) is 183 Å². The van der Waals surface area contributed by atoms with Gasteiger partial charge in [0.2, 0.25) is 24.0 Å². The van der Waals surface area contributed by atoms with Crippen molar-refractivity contribution in [2.45, 2.75) is 167 Å². The number of amides is 3. The summed E-state index contributed by atoms with van der Waals surface area (Å²) in [5.74, 6) is -5.16. The third kappa shape index (κ3) is 17.0. The summed E-state index contributed by atoms with van der Waals surface area (Å²) in [6.45, 7) is 14.1. The highest BCUT2D eigenvalue weighted by molar-refractivity contribution is 7.09. The van der Waals surface area contributed by atoms with Gasteiger partial charge >= 0.3 is 5.97 Å². The van der Waals surface area contributed by atoms with E-state index in [4.69, 9.17) is 19.9 Å². The van der Waals surface area contributed by atoms with Gasteiger partial charge in [-0.2, -0.15) is 0 Å². The van der Waals surface area contributed by atoms with Gasteiger partial charge in [-0.05, 0) is 54.9 Å². The molecule has 5 rings (SSSR count). The number of likely N-dealkylation sites (tertiary alicyclic amines) is 1. The smallest absolute Gasteiger partial charge is 0.335 e. The van der Waals surface area contributed by atoms with Gasteiger partial charge in [-0.1, -0.05) is 85.2 Å². The van der Waals surface area contributed by atoms with Crippen molar-refractivity contribution in [3.8, 4) is 5.75 Å². The fraction of sp³-hybridized carbons (Fsp3) is 0.650. The number of quaternary nitrogens is 1. The minimum absolute atomic E-state index is 0.00791. The molecule has 8 N–H and O–H groups in total. The molecule has 3 aromatic rings. The average molecular weight is 1150 g/mol. The number of carbonyl (C=O) groups is 6. The maximum absolute atomic E-state index is 15.0. The highest BCUT2D eigenvalue weighted by atomic mass is 32.1. The number of ketones is 2. The van der Waals surface area contributed by atoms with Crippen LogP contribution in [0.4, 0.5) is 5.69 Å². The van der Waals surface area contributed by atoms with Crippen molar-refractivity contribution in [3.05, 3.63) is 76.2 Å². The summed E-state index contributed by atoms with van der Waals surface area (Å²) in [5.41, 5.74) is 7.53. The molecule has 450 valence electrons. The second-order valence-electron chi connectivity index (χ2n) is 23.6. The number of hydrogen-bond acceptors (Lipinski definition) is 16. The minimum atomic E-state index is -1.94. The number of carboxylic acids is 1. The van der Waals surface area contributed by atoms with Gasteiger partial charge in [0.25, 0.3) is 0 Å². The molecule has 20 nitrogen and oxygen atoms in total. The molecular weight excluding hydrogens is 1060 g/mol. The van der Waals surface area contributed by atoms with Crippen LogP contribution < -0.4 is 15.8 Å². The van der Waals surface area contributed by atoms with Crippen LogP contribution in [0.5, 0.6) is 5.75 Å². The molecule has 0 saturated carbocycles. The Bertz CT molecular complexity index is 2530. The predicted octanol–water partition coefficient (Wildman–Crippen LogP) is 5.03. The summed E-state index contributed by atoms with van der Waals surface area (Å²) in [6, 6.07) is 13.2. The number of aliphatic carboxylic acids is 1. The Kier molecular flexibility index (Phi) is 25.0. The first kappa shape index (κ1) is 66.6. The lowest BCUT2D eigenvalue weighted by molar-refractivity contribution is -0.922. The van der Waals surface area contributed by atoms with Gasteiger partial charge in [0.1, 0.15) is 36.4 Å². The summed E-state index contributed by atoms with van der Waals surface area (Å²) >= 11 is 1.52. The summed E-state index contributed by atoms with van der Waals surface area (Å²) in [5, 5.41) is 57.4. The van der Waals surface area contributed by atoms with Crippen LogP contribution in [0.1, 0.15) is 115 Å². The third-order valence-corrected chi connectivity index (χ3v) is 17.7. The van der Waals surface area contributed by atoms with Crippen molar-refractivity contribution in [1.82, 2.24) is 14.8 Å². The number of likely N-dealkylation sites (N-methyl/N-ethyl adjacent to an activating group) is 2. The number of carboxylic acid groups (broad SMARTS) is 1. The van der Waals surface area contributed by atoms with E-state index in [1.54, 1.807) is 35.2 Å². The number of anilines is 1. The van der Waals surface area contributed by atoms with Crippen molar-refractivity contribution in [2.75, 3.05) is 53.3 Å². The minimum Gasteiger partial charge on any atom is -0.479 e. The van der Waals surface area contributed by atoms with Gasteiger partial charge in [0, 0.05) is 106 Å². The highest BCUT2D eigenvalue weighted by Crippen LogP contribution is 2.37. The van der Waals surface area contributed by atoms with Crippen LogP contribution in [0, 0.1) is 35.5 Å². The number of thiazole rings is 1. The number of aliphatic hydroxyl groups excluding tert-OH is 4. The van der Waals surface area contributed by atoms with Crippen LogP contribution in [-0.2, 0) is 51.2 Å². The summed E-state index contributed by atoms with van der Waals surface area (Å²) in [4.78, 5) is 91.5. The molecule has 81 heavy (non-hydrogen) atoms. The second-order valence-corrected chi connectivity index (χ2v) is 24.5. The lowest BCUT2D eigenvalue weighted by Gasteiger charge is -2.42. The molecule has 3 heterocycles. The van der Waals surface area contributed by atoms with Crippen LogP contribution >= 0.6 is 11.3 Å². The van der Waals surface area contributed by atoms with E-state index in [1.807, 2.05) is 98.3 Å². The van der Waals surface area contributed by atoms with Crippen LogP contribution in [0.25, 0.3) is 0 Å². The van der Waals surface area contributed by atoms with Crippen molar-refractivity contribution in [2.24, 2.45) is 41.2 Å². The van der Waals surface area contributed by atoms with E-state index in [-0.39, 0.29) is 114 Å². The monoisotopic (exact) mass is 1150 g/mol. The molecule has 0 unspecified atom stereocenters. The fourth-order valence-electron chi connectivity index (χ4n) is 12.3. The number of nitrogens with one attached hydrogen (secondary N) is 1. The van der Waals surface area contributed by atoms with Crippen molar-refractivity contribution >= 4 is 52.3 Å². The maximum Gasteiger partial charge on any atom is 0.335 e. The van der Waals surface area contributed by atoms with Crippen molar-refractivity contribution in [3.63, 3.8) is 0 Å². The highest BCUT2D eigenvalue weighted by Gasteiger charge is 2.49. The van der Waals surface area contributed by atoms with Crippen LogP contribution in [0.3, 0.4) is 0 Å². The van der Waals surface area contributed by atoms with Gasteiger partial charge in [0.05, 0.1) is 43.4 Å². The van der Waals surface area contributed by atoms with Crippen molar-refractivity contribution in [1.29, 1.82) is 0 Å². The zero-order valence-electron chi connectivity index (χ0n) is 49.2. The first-order valence-corrected chi connectivity index (χ1v) is 29.4. The Balaban J connectivity index is 1.32. The number of carbonyl (C=O) groups excluding carboxylic acids is 5. The number of Topliss-reactive ketones (excluding diaryl/α,β-unsaturated/α-hetero) is 2. The predicted molar refractivity (Wildman–Crippen MR) is 307 cm³/mol. The van der Waals surface area contributed by atoms with E-state index in [2.05, 4.69) is 10.3 Å². The fourth-order valence-corrected chi connectivity index (χ4v) is 13.0. The van der Waals surface area contributed by atoms with E-state index in [0.717, 1.165) is 10.6 Å². The first-order valence-electron chi connectivity index (χ1n) is 28.5. The number of rotatable bonds is 31. The standard InChI is InChI=1S/C60H90N6O14S/c1-12-36(6)51(48(78-11)31-50(71)65-25-16-19-44(65)42(33-67)37(7)45(68)29-40(57-62-24-26-81-57)27-38-17-14-13-15-18-38)64(8)58(75)41(34(2)3)30-46(69)52(35(4)5)66(9,10)32-39-20-21-47(43(28-39)63-49(70)22-23-61)79-60-55(74)53(72)54(73)56(80-60)59(76)77/h13-15,17-18,20-21,24,26,28,34-37,40-42,44,48,51-56,60,67,72-74H,12,16,19,22-23,25,27,29-33,61H2,1-11H3,(H-,63,70,76,77)/p+1/t36-,37+,40+,41-,42+,44-,48+,51-,52-,53-,54-,55+,56-,60+/m0/s1. The molecule has 0 aliphatic carbocycles. The van der Waals surface area contributed by atoms with Crippen molar-refractivity contribution < 1.29 is 73.0 Å². The Hall–Kier alpha value is -5.23. The number of ether oxygens (including phenoxy) is 3. The number of nitrogens with two attached hydrogens (primary N) is 1. The number of aromatic nitrogens is 1.